The standard InChI is InChI=1S/C22H37O2P/c1-9-22(10-2)13-14-25(23-16-22)24-19-12-11-17(20(3,4)5)15-18(19)21(6,7)8/h11-12,15H,9-10,13-14,16H2,1-8H3. The van der Waals surface area contributed by atoms with E-state index in [9.17, 15) is 0 Å². The van der Waals surface area contributed by atoms with Crippen LogP contribution in [-0.4, -0.2) is 12.8 Å². The molecule has 1 fully saturated rings. The molecule has 1 aliphatic heterocycles. The Kier molecular flexibility index (Phi) is 6.27. The van der Waals surface area contributed by atoms with E-state index in [0.717, 1.165) is 18.5 Å². The second-order valence-corrected chi connectivity index (χ2v) is 11.1. The minimum absolute atomic E-state index is 0.0539. The SMILES string of the molecule is CCC1(CC)CCP(Oc2ccc(C(C)(C)C)cc2C(C)(C)C)OC1. The van der Waals surface area contributed by atoms with Crippen molar-refractivity contribution in [3.8, 4) is 5.75 Å². The second kappa shape index (κ2) is 7.57. The molecule has 1 heterocycles. The van der Waals surface area contributed by atoms with Crippen LogP contribution in [0, 0.1) is 5.41 Å². The van der Waals surface area contributed by atoms with Gasteiger partial charge < -0.3 is 9.05 Å². The molecule has 1 aromatic carbocycles. The van der Waals surface area contributed by atoms with Gasteiger partial charge in [0.1, 0.15) is 5.75 Å². The van der Waals surface area contributed by atoms with Crippen LogP contribution >= 0.6 is 8.38 Å². The van der Waals surface area contributed by atoms with Crippen LogP contribution in [0.1, 0.15) is 85.8 Å². The number of benzene rings is 1. The molecule has 3 heteroatoms. The molecule has 2 rings (SSSR count). The summed E-state index contributed by atoms with van der Waals surface area (Å²) < 4.78 is 12.6. The summed E-state index contributed by atoms with van der Waals surface area (Å²) in [7, 11) is -0.819. The monoisotopic (exact) mass is 364 g/mol. The summed E-state index contributed by atoms with van der Waals surface area (Å²) in [4.78, 5) is 0. The van der Waals surface area contributed by atoms with Crippen molar-refractivity contribution < 1.29 is 9.05 Å². The van der Waals surface area contributed by atoms with Gasteiger partial charge in [0.2, 0.25) is 8.38 Å². The van der Waals surface area contributed by atoms with E-state index in [1.807, 2.05) is 0 Å². The van der Waals surface area contributed by atoms with E-state index < -0.39 is 8.38 Å². The van der Waals surface area contributed by atoms with E-state index in [-0.39, 0.29) is 10.8 Å². The van der Waals surface area contributed by atoms with Crippen molar-refractivity contribution in [2.45, 2.75) is 85.5 Å². The molecule has 1 saturated heterocycles. The Morgan fingerprint density at radius 1 is 1.04 bits per heavy atom. The maximum atomic E-state index is 6.41. The lowest BCUT2D eigenvalue weighted by molar-refractivity contribution is 0.110. The molecule has 142 valence electrons. The van der Waals surface area contributed by atoms with Crippen molar-refractivity contribution in [1.82, 2.24) is 0 Å². The van der Waals surface area contributed by atoms with Gasteiger partial charge in [0.25, 0.3) is 0 Å². The molecule has 0 aromatic heterocycles. The van der Waals surface area contributed by atoms with Gasteiger partial charge >= 0.3 is 0 Å². The molecule has 1 aliphatic rings. The molecule has 1 aromatic rings. The Morgan fingerprint density at radius 2 is 1.68 bits per heavy atom. The predicted molar refractivity (Wildman–Crippen MR) is 110 cm³/mol. The minimum Gasteiger partial charge on any atom is -0.447 e. The maximum Gasteiger partial charge on any atom is 0.230 e. The summed E-state index contributed by atoms with van der Waals surface area (Å²) in [6.45, 7) is 19.0. The zero-order valence-electron chi connectivity index (χ0n) is 17.5. The van der Waals surface area contributed by atoms with Crippen molar-refractivity contribution >= 4 is 8.38 Å². The van der Waals surface area contributed by atoms with Gasteiger partial charge in [0.15, 0.2) is 0 Å². The lowest BCUT2D eigenvalue weighted by atomic mass is 9.80. The number of hydrogen-bond acceptors (Lipinski definition) is 2. The smallest absolute Gasteiger partial charge is 0.230 e. The average molecular weight is 365 g/mol. The molecule has 1 unspecified atom stereocenters. The Labute approximate surface area is 156 Å². The molecule has 1 atom stereocenters. The topological polar surface area (TPSA) is 18.5 Å². The van der Waals surface area contributed by atoms with Crippen molar-refractivity contribution in [2.75, 3.05) is 12.8 Å². The molecule has 0 saturated carbocycles. The van der Waals surface area contributed by atoms with Crippen LogP contribution in [0.2, 0.25) is 0 Å². The summed E-state index contributed by atoms with van der Waals surface area (Å²) in [6, 6.07) is 6.71. The van der Waals surface area contributed by atoms with Crippen LogP contribution in [-0.2, 0) is 15.4 Å². The van der Waals surface area contributed by atoms with Crippen molar-refractivity contribution in [3.63, 3.8) is 0 Å². The van der Waals surface area contributed by atoms with Gasteiger partial charge in [-0.3, -0.25) is 0 Å². The molecule has 0 bridgehead atoms. The van der Waals surface area contributed by atoms with Crippen LogP contribution in [0.5, 0.6) is 5.75 Å². The third-order valence-corrected chi connectivity index (χ3v) is 7.10. The van der Waals surface area contributed by atoms with E-state index >= 15 is 0 Å². The van der Waals surface area contributed by atoms with E-state index in [2.05, 4.69) is 73.6 Å². The molecule has 0 amide bonds. The minimum atomic E-state index is -0.819. The van der Waals surface area contributed by atoms with Gasteiger partial charge in [-0.2, -0.15) is 0 Å². The fraction of sp³-hybridized carbons (Fsp3) is 0.727. The van der Waals surface area contributed by atoms with Crippen LogP contribution < -0.4 is 4.52 Å². The summed E-state index contributed by atoms with van der Waals surface area (Å²) >= 11 is 0. The highest BCUT2D eigenvalue weighted by molar-refractivity contribution is 7.47. The van der Waals surface area contributed by atoms with Gasteiger partial charge in [-0.15, -0.1) is 0 Å². The quantitative estimate of drug-likeness (QED) is 0.526. The maximum absolute atomic E-state index is 6.41. The zero-order chi connectivity index (χ0) is 18.9. The molecular weight excluding hydrogens is 327 g/mol. The summed E-state index contributed by atoms with van der Waals surface area (Å²) in [5, 5.41) is 0. The van der Waals surface area contributed by atoms with Crippen molar-refractivity contribution in [1.29, 1.82) is 0 Å². The van der Waals surface area contributed by atoms with Gasteiger partial charge in [-0.1, -0.05) is 67.5 Å². The lowest BCUT2D eigenvalue weighted by Crippen LogP contribution is -2.30. The van der Waals surface area contributed by atoms with Crippen LogP contribution in [0.3, 0.4) is 0 Å². The second-order valence-electron chi connectivity index (χ2n) is 9.59. The Balaban J connectivity index is 2.20. The first-order valence-electron chi connectivity index (χ1n) is 9.74. The van der Waals surface area contributed by atoms with E-state index in [1.165, 1.54) is 30.4 Å². The van der Waals surface area contributed by atoms with Crippen LogP contribution in [0.25, 0.3) is 0 Å². The molecular formula is C22H37O2P. The Bertz CT molecular complexity index is 567. The third kappa shape index (κ3) is 4.98. The third-order valence-electron chi connectivity index (χ3n) is 5.69. The van der Waals surface area contributed by atoms with E-state index in [0.29, 0.717) is 5.41 Å². The molecule has 25 heavy (non-hydrogen) atoms. The van der Waals surface area contributed by atoms with Gasteiger partial charge in [0, 0.05) is 11.7 Å². The number of rotatable bonds is 4. The summed E-state index contributed by atoms with van der Waals surface area (Å²) in [6.07, 6.45) is 4.65. The normalized spacial score (nSPS) is 21.2. The molecule has 0 radical (unpaired) electrons. The molecule has 0 N–H and O–H groups in total. The molecule has 0 spiro atoms. The fourth-order valence-corrected chi connectivity index (χ4v) is 5.05. The van der Waals surface area contributed by atoms with Gasteiger partial charge in [-0.05, 0) is 47.1 Å². The summed E-state index contributed by atoms with van der Waals surface area (Å²) in [5.41, 5.74) is 3.21. The number of hydrogen-bond donors (Lipinski definition) is 0. The first kappa shape index (κ1) is 20.7. The fourth-order valence-electron chi connectivity index (χ4n) is 3.33. The van der Waals surface area contributed by atoms with Gasteiger partial charge in [0.05, 0.1) is 6.61 Å². The average Bonchev–Trinajstić information content (AvgIpc) is 2.54. The molecule has 2 nitrogen and oxygen atoms in total. The summed E-state index contributed by atoms with van der Waals surface area (Å²) in [5.74, 6) is 1.01. The zero-order valence-corrected chi connectivity index (χ0v) is 18.4. The highest BCUT2D eigenvalue weighted by atomic mass is 31.2. The Hall–Kier alpha value is -0.590. The van der Waals surface area contributed by atoms with E-state index in [4.69, 9.17) is 9.05 Å². The highest BCUT2D eigenvalue weighted by Gasteiger charge is 2.35. The lowest BCUT2D eigenvalue weighted by Gasteiger charge is -2.38. The molecule has 0 aliphatic carbocycles. The van der Waals surface area contributed by atoms with Crippen molar-refractivity contribution in [2.24, 2.45) is 5.41 Å². The largest absolute Gasteiger partial charge is 0.447 e. The predicted octanol–water partition coefficient (Wildman–Crippen LogP) is 7.20. The first-order valence-corrected chi connectivity index (χ1v) is 11.1. The van der Waals surface area contributed by atoms with E-state index in [1.54, 1.807) is 0 Å². The Morgan fingerprint density at radius 3 is 2.12 bits per heavy atom. The van der Waals surface area contributed by atoms with Crippen LogP contribution in [0.15, 0.2) is 18.2 Å². The van der Waals surface area contributed by atoms with Gasteiger partial charge in [-0.25, -0.2) is 0 Å². The highest BCUT2D eigenvalue weighted by Crippen LogP contribution is 2.51. The first-order chi connectivity index (χ1) is 11.5. The van der Waals surface area contributed by atoms with Crippen molar-refractivity contribution in [3.05, 3.63) is 29.3 Å². The van der Waals surface area contributed by atoms with Crippen LogP contribution in [0.4, 0.5) is 0 Å².